The summed E-state index contributed by atoms with van der Waals surface area (Å²) in [7, 11) is 1.57. The summed E-state index contributed by atoms with van der Waals surface area (Å²) in [6, 6.07) is 13.1. The van der Waals surface area contributed by atoms with Crippen molar-refractivity contribution in [2.75, 3.05) is 25.5 Å². The SMILES string of the molecule is COc1ccccc1C(=O)n1nc(C2(C)CCNCC2)cc1NCc1ccc(Cl)s1. The fourth-order valence-electron chi connectivity index (χ4n) is 3.75. The predicted molar refractivity (Wildman–Crippen MR) is 121 cm³/mol. The molecule has 8 heteroatoms. The number of nitrogens with one attached hydrogen (secondary N) is 2. The molecule has 1 saturated heterocycles. The van der Waals surface area contributed by atoms with E-state index in [2.05, 4.69) is 17.6 Å². The molecule has 1 fully saturated rings. The van der Waals surface area contributed by atoms with Gasteiger partial charge in [-0.25, -0.2) is 0 Å². The van der Waals surface area contributed by atoms with Crippen LogP contribution in [0.25, 0.3) is 0 Å². The van der Waals surface area contributed by atoms with Gasteiger partial charge in [0.1, 0.15) is 11.6 Å². The van der Waals surface area contributed by atoms with Crippen molar-refractivity contribution < 1.29 is 9.53 Å². The van der Waals surface area contributed by atoms with Gasteiger partial charge >= 0.3 is 0 Å². The normalized spacial score (nSPS) is 15.7. The number of benzene rings is 1. The third-order valence-electron chi connectivity index (χ3n) is 5.64. The topological polar surface area (TPSA) is 68.2 Å². The number of aromatic nitrogens is 2. The maximum absolute atomic E-state index is 13.4. The molecule has 0 atom stereocenters. The van der Waals surface area contributed by atoms with Crippen molar-refractivity contribution in [1.82, 2.24) is 15.1 Å². The van der Waals surface area contributed by atoms with Crippen molar-refractivity contribution >= 4 is 34.7 Å². The molecule has 0 radical (unpaired) electrons. The van der Waals surface area contributed by atoms with Crippen LogP contribution in [0.4, 0.5) is 5.82 Å². The van der Waals surface area contributed by atoms with E-state index in [9.17, 15) is 4.79 Å². The van der Waals surface area contributed by atoms with Crippen LogP contribution in [0.2, 0.25) is 4.34 Å². The van der Waals surface area contributed by atoms with Gasteiger partial charge in [-0.1, -0.05) is 30.7 Å². The number of para-hydroxylation sites is 1. The monoisotopic (exact) mass is 444 g/mol. The summed E-state index contributed by atoms with van der Waals surface area (Å²) in [4.78, 5) is 14.5. The van der Waals surface area contributed by atoms with Crippen LogP contribution < -0.4 is 15.4 Å². The number of anilines is 1. The molecule has 3 aromatic rings. The lowest BCUT2D eigenvalue weighted by Crippen LogP contribution is -2.38. The molecule has 0 unspecified atom stereocenters. The first-order valence-corrected chi connectivity index (χ1v) is 11.2. The highest BCUT2D eigenvalue weighted by atomic mass is 35.5. The zero-order chi connectivity index (χ0) is 21.1. The second-order valence-corrected chi connectivity index (χ2v) is 9.50. The maximum atomic E-state index is 13.4. The zero-order valence-corrected chi connectivity index (χ0v) is 18.6. The molecule has 1 aromatic carbocycles. The molecule has 2 aromatic heterocycles. The number of carbonyl (C=O) groups is 1. The van der Waals surface area contributed by atoms with Gasteiger partial charge in [0.2, 0.25) is 0 Å². The van der Waals surface area contributed by atoms with E-state index in [1.807, 2.05) is 30.3 Å². The summed E-state index contributed by atoms with van der Waals surface area (Å²) in [5, 5.41) is 11.6. The molecule has 3 heterocycles. The Morgan fingerprint density at radius 1 is 1.30 bits per heavy atom. The molecule has 1 aliphatic heterocycles. The van der Waals surface area contributed by atoms with Crippen molar-refractivity contribution in [3.63, 3.8) is 0 Å². The minimum absolute atomic E-state index is 0.0692. The summed E-state index contributed by atoms with van der Waals surface area (Å²) >= 11 is 7.58. The Hall–Kier alpha value is -2.35. The average Bonchev–Trinajstić information content (AvgIpc) is 3.38. The van der Waals surface area contributed by atoms with Crippen LogP contribution in [0.15, 0.2) is 42.5 Å². The van der Waals surface area contributed by atoms with Crippen LogP contribution in [0.1, 0.15) is 40.7 Å². The van der Waals surface area contributed by atoms with E-state index in [0.717, 1.165) is 40.8 Å². The third kappa shape index (κ3) is 4.24. The predicted octanol–water partition coefficient (Wildman–Crippen LogP) is 4.55. The smallest absolute Gasteiger partial charge is 0.283 e. The molecule has 4 rings (SSSR count). The highest BCUT2D eigenvalue weighted by molar-refractivity contribution is 7.16. The molecule has 0 saturated carbocycles. The van der Waals surface area contributed by atoms with Crippen LogP contribution in [-0.4, -0.2) is 35.9 Å². The van der Waals surface area contributed by atoms with Gasteiger partial charge in [0, 0.05) is 16.4 Å². The standard InChI is InChI=1S/C22H25ClN4O2S/c1-22(9-11-24-12-10-22)18-13-20(25-14-15-7-8-19(23)30-15)27(26-18)21(28)16-5-3-4-6-17(16)29-2/h3-8,13,24-25H,9-12,14H2,1-2H3. The zero-order valence-electron chi connectivity index (χ0n) is 17.1. The molecule has 1 aliphatic rings. The summed E-state index contributed by atoms with van der Waals surface area (Å²) in [5.41, 5.74) is 1.34. The Bertz CT molecular complexity index is 1040. The lowest BCUT2D eigenvalue weighted by molar-refractivity contribution is 0.0943. The van der Waals surface area contributed by atoms with Gasteiger partial charge in [-0.3, -0.25) is 4.79 Å². The van der Waals surface area contributed by atoms with Crippen LogP contribution in [0.3, 0.4) is 0 Å². The minimum Gasteiger partial charge on any atom is -0.496 e. The van der Waals surface area contributed by atoms with E-state index in [1.54, 1.807) is 19.2 Å². The second kappa shape index (κ2) is 8.79. The van der Waals surface area contributed by atoms with E-state index in [1.165, 1.54) is 16.0 Å². The Morgan fingerprint density at radius 3 is 2.77 bits per heavy atom. The van der Waals surface area contributed by atoms with Crippen LogP contribution in [0.5, 0.6) is 5.75 Å². The Balaban J connectivity index is 1.70. The van der Waals surface area contributed by atoms with Gasteiger partial charge in [-0.15, -0.1) is 11.3 Å². The number of thiophene rings is 1. The number of carbonyl (C=O) groups excluding carboxylic acids is 1. The van der Waals surface area contributed by atoms with Crippen LogP contribution in [0, 0.1) is 0 Å². The Kier molecular flexibility index (Phi) is 6.13. The second-order valence-electron chi connectivity index (χ2n) is 7.70. The quantitative estimate of drug-likeness (QED) is 0.583. The molecule has 30 heavy (non-hydrogen) atoms. The lowest BCUT2D eigenvalue weighted by Gasteiger charge is -2.32. The fourth-order valence-corrected chi connectivity index (χ4v) is 4.78. The summed E-state index contributed by atoms with van der Waals surface area (Å²) in [6.45, 7) is 4.68. The molecule has 2 N–H and O–H groups in total. The Morgan fingerprint density at radius 2 is 2.07 bits per heavy atom. The van der Waals surface area contributed by atoms with E-state index >= 15 is 0 Å². The molecule has 0 aliphatic carbocycles. The average molecular weight is 445 g/mol. The third-order valence-corrected chi connectivity index (χ3v) is 6.87. The van der Waals surface area contributed by atoms with E-state index in [0.29, 0.717) is 23.7 Å². The van der Waals surface area contributed by atoms with Crippen molar-refractivity contribution in [3.05, 3.63) is 62.9 Å². The van der Waals surface area contributed by atoms with Gasteiger partial charge in [-0.05, 0) is 50.2 Å². The van der Waals surface area contributed by atoms with Crippen LogP contribution in [-0.2, 0) is 12.0 Å². The first kappa shape index (κ1) is 20.9. The summed E-state index contributed by atoms with van der Waals surface area (Å²) in [5.74, 6) is 0.983. The van der Waals surface area contributed by atoms with Crippen LogP contribution >= 0.6 is 22.9 Å². The molecule has 0 bridgehead atoms. The van der Waals surface area contributed by atoms with Gasteiger partial charge in [0.15, 0.2) is 0 Å². The largest absolute Gasteiger partial charge is 0.496 e. The number of rotatable bonds is 6. The van der Waals surface area contributed by atoms with Crippen molar-refractivity contribution in [1.29, 1.82) is 0 Å². The number of nitrogens with zero attached hydrogens (tertiary/aromatic N) is 2. The van der Waals surface area contributed by atoms with Crippen molar-refractivity contribution in [2.24, 2.45) is 0 Å². The number of piperidine rings is 1. The Labute approximate surface area is 185 Å². The van der Waals surface area contributed by atoms with Gasteiger partial charge in [-0.2, -0.15) is 9.78 Å². The maximum Gasteiger partial charge on any atom is 0.283 e. The molecule has 0 spiro atoms. The lowest BCUT2D eigenvalue weighted by atomic mass is 9.78. The van der Waals surface area contributed by atoms with E-state index < -0.39 is 0 Å². The highest BCUT2D eigenvalue weighted by Gasteiger charge is 2.33. The molecular formula is C22H25ClN4O2S. The number of hydrogen-bond donors (Lipinski definition) is 2. The van der Waals surface area contributed by atoms with Crippen molar-refractivity contribution in [2.45, 2.75) is 31.7 Å². The van der Waals surface area contributed by atoms with E-state index in [-0.39, 0.29) is 11.3 Å². The first-order valence-electron chi connectivity index (χ1n) is 9.97. The van der Waals surface area contributed by atoms with Crippen molar-refractivity contribution in [3.8, 4) is 5.75 Å². The number of hydrogen-bond acceptors (Lipinski definition) is 6. The summed E-state index contributed by atoms with van der Waals surface area (Å²) < 4.78 is 7.61. The molecular weight excluding hydrogens is 420 g/mol. The number of ether oxygens (including phenoxy) is 1. The van der Waals surface area contributed by atoms with E-state index in [4.69, 9.17) is 21.4 Å². The minimum atomic E-state index is -0.219. The number of methoxy groups -OCH3 is 1. The van der Waals surface area contributed by atoms with Gasteiger partial charge < -0.3 is 15.4 Å². The molecule has 6 nitrogen and oxygen atoms in total. The van der Waals surface area contributed by atoms with Gasteiger partial charge in [0.25, 0.3) is 5.91 Å². The highest BCUT2D eigenvalue weighted by Crippen LogP contribution is 2.34. The first-order chi connectivity index (χ1) is 14.5. The molecule has 158 valence electrons. The summed E-state index contributed by atoms with van der Waals surface area (Å²) in [6.07, 6.45) is 1.96. The fraction of sp³-hybridized carbons (Fsp3) is 0.364. The number of halogens is 1. The molecule has 0 amide bonds. The van der Waals surface area contributed by atoms with Gasteiger partial charge in [0.05, 0.1) is 29.2 Å².